The number of carbonyl (C=O) groups excluding carboxylic acids is 1. The van der Waals surface area contributed by atoms with Crippen LogP contribution in [0.2, 0.25) is 5.02 Å². The van der Waals surface area contributed by atoms with Crippen molar-refractivity contribution in [2.45, 2.75) is 20.4 Å². The highest BCUT2D eigenvalue weighted by Crippen LogP contribution is 2.27. The van der Waals surface area contributed by atoms with Crippen molar-refractivity contribution in [3.63, 3.8) is 0 Å². The number of anilines is 2. The number of nitriles is 1. The highest BCUT2D eigenvalue weighted by molar-refractivity contribution is 6.30. The Kier molecular flexibility index (Phi) is 7.15. The smallest absolute Gasteiger partial charge is 0.239 e. The van der Waals surface area contributed by atoms with Crippen LogP contribution in [-0.4, -0.2) is 53.1 Å². The minimum atomic E-state index is -0.303. The summed E-state index contributed by atoms with van der Waals surface area (Å²) in [4.78, 5) is 21.6. The first-order valence-corrected chi connectivity index (χ1v) is 11.5. The van der Waals surface area contributed by atoms with Crippen molar-refractivity contribution in [2.24, 2.45) is 0 Å². The third kappa shape index (κ3) is 5.22. The molecule has 4 rings (SSSR count). The number of nitrogens with one attached hydrogen (secondary N) is 1. The molecule has 1 aliphatic rings. The molecule has 176 valence electrons. The zero-order valence-electron chi connectivity index (χ0n) is 19.2. The zero-order chi connectivity index (χ0) is 24.2. The molecule has 0 atom stereocenters. The molecule has 0 saturated carbocycles. The highest BCUT2D eigenvalue weighted by atomic mass is 35.5. The van der Waals surface area contributed by atoms with Crippen LogP contribution in [0.15, 0.2) is 42.6 Å². The molecule has 3 heterocycles. The van der Waals surface area contributed by atoms with Crippen LogP contribution in [0.3, 0.4) is 0 Å². The molecule has 7 nitrogen and oxygen atoms in total. The van der Waals surface area contributed by atoms with Crippen LogP contribution < -0.4 is 10.2 Å². The fourth-order valence-corrected chi connectivity index (χ4v) is 4.28. The summed E-state index contributed by atoms with van der Waals surface area (Å²) in [6, 6.07) is 12.2. The minimum Gasteiger partial charge on any atom is -0.354 e. The van der Waals surface area contributed by atoms with Crippen LogP contribution in [0.1, 0.15) is 22.4 Å². The first-order valence-electron chi connectivity index (χ1n) is 11.1. The Bertz CT molecular complexity index is 1210. The first-order chi connectivity index (χ1) is 16.4. The molecule has 2 aromatic heterocycles. The molecular weight excluding hydrogens is 455 g/mol. The number of piperazine rings is 1. The molecule has 1 fully saturated rings. The van der Waals surface area contributed by atoms with Crippen LogP contribution in [0.4, 0.5) is 16.0 Å². The molecule has 0 spiro atoms. The molecule has 34 heavy (non-hydrogen) atoms. The van der Waals surface area contributed by atoms with Gasteiger partial charge >= 0.3 is 0 Å². The standard InChI is InChI=1S/C25H26ClFN6O/c1-17-18(2)33(15-19-3-6-21(27)7-4-19)25(22(17)13-28)30-24(34)16-31-9-11-32(12-10-31)23-8-5-20(26)14-29-23/h3-8,14H,9-12,15-16H2,1-2H3,(H,30,34). The maximum atomic E-state index is 13.3. The summed E-state index contributed by atoms with van der Waals surface area (Å²) >= 11 is 5.92. The molecule has 1 amide bonds. The van der Waals surface area contributed by atoms with Crippen molar-refractivity contribution in [1.29, 1.82) is 5.26 Å². The van der Waals surface area contributed by atoms with E-state index in [1.54, 1.807) is 18.3 Å². The van der Waals surface area contributed by atoms with Gasteiger partial charge in [0, 0.05) is 44.6 Å². The van der Waals surface area contributed by atoms with Crippen LogP contribution in [-0.2, 0) is 11.3 Å². The Morgan fingerprint density at radius 1 is 1.15 bits per heavy atom. The number of hydrogen-bond acceptors (Lipinski definition) is 5. The third-order valence-electron chi connectivity index (χ3n) is 6.23. The summed E-state index contributed by atoms with van der Waals surface area (Å²) in [7, 11) is 0. The largest absolute Gasteiger partial charge is 0.354 e. The summed E-state index contributed by atoms with van der Waals surface area (Å²) in [5.41, 5.74) is 3.04. The van der Waals surface area contributed by atoms with Gasteiger partial charge in [0.1, 0.15) is 23.5 Å². The lowest BCUT2D eigenvalue weighted by atomic mass is 10.2. The van der Waals surface area contributed by atoms with Crippen molar-refractivity contribution >= 4 is 29.1 Å². The summed E-state index contributed by atoms with van der Waals surface area (Å²) < 4.78 is 15.2. The lowest BCUT2D eigenvalue weighted by molar-refractivity contribution is -0.117. The van der Waals surface area contributed by atoms with Gasteiger partial charge in [-0.2, -0.15) is 5.26 Å². The second-order valence-corrected chi connectivity index (χ2v) is 8.84. The van der Waals surface area contributed by atoms with E-state index in [0.717, 1.165) is 48.8 Å². The van der Waals surface area contributed by atoms with E-state index >= 15 is 0 Å². The predicted molar refractivity (Wildman–Crippen MR) is 131 cm³/mol. The lowest BCUT2D eigenvalue weighted by Gasteiger charge is -2.35. The van der Waals surface area contributed by atoms with Crippen LogP contribution in [0, 0.1) is 31.0 Å². The molecule has 9 heteroatoms. The highest BCUT2D eigenvalue weighted by Gasteiger charge is 2.23. The topological polar surface area (TPSA) is 77.2 Å². The number of carbonyl (C=O) groups is 1. The molecular formula is C25H26ClFN6O. The quantitative estimate of drug-likeness (QED) is 0.577. The van der Waals surface area contributed by atoms with E-state index in [-0.39, 0.29) is 18.3 Å². The van der Waals surface area contributed by atoms with Gasteiger partial charge in [0.05, 0.1) is 17.1 Å². The van der Waals surface area contributed by atoms with Crippen molar-refractivity contribution in [3.8, 4) is 6.07 Å². The molecule has 0 aliphatic carbocycles. The summed E-state index contributed by atoms with van der Waals surface area (Å²) in [6.07, 6.45) is 1.63. The number of rotatable bonds is 6. The average Bonchev–Trinajstić information content (AvgIpc) is 3.05. The van der Waals surface area contributed by atoms with E-state index in [4.69, 9.17) is 11.6 Å². The molecule has 1 aliphatic heterocycles. The number of benzene rings is 1. The summed E-state index contributed by atoms with van der Waals surface area (Å²) in [6.45, 7) is 7.39. The molecule has 1 saturated heterocycles. The Labute approximate surface area is 203 Å². The molecule has 1 aromatic carbocycles. The number of hydrogen-bond donors (Lipinski definition) is 1. The molecule has 0 radical (unpaired) electrons. The molecule has 1 N–H and O–H groups in total. The minimum absolute atomic E-state index is 0.174. The second kappa shape index (κ2) is 10.2. The lowest BCUT2D eigenvalue weighted by Crippen LogP contribution is -2.49. The maximum Gasteiger partial charge on any atom is 0.239 e. The van der Waals surface area contributed by atoms with E-state index in [2.05, 4.69) is 26.2 Å². The normalized spacial score (nSPS) is 14.1. The Balaban J connectivity index is 1.42. The van der Waals surface area contributed by atoms with Crippen molar-refractivity contribution in [1.82, 2.24) is 14.5 Å². The Hall–Kier alpha value is -3.41. The summed E-state index contributed by atoms with van der Waals surface area (Å²) in [5.74, 6) is 0.877. The number of amides is 1. The number of nitrogens with zero attached hydrogens (tertiary/aromatic N) is 5. The average molecular weight is 481 g/mol. The first kappa shape index (κ1) is 23.7. The van der Waals surface area contributed by atoms with E-state index in [1.165, 1.54) is 12.1 Å². The van der Waals surface area contributed by atoms with Gasteiger partial charge < -0.3 is 14.8 Å². The van der Waals surface area contributed by atoms with Gasteiger partial charge in [0.25, 0.3) is 0 Å². The number of pyridine rings is 1. The number of halogens is 2. The van der Waals surface area contributed by atoms with Crippen molar-refractivity contribution in [2.75, 3.05) is 42.9 Å². The fourth-order valence-electron chi connectivity index (χ4n) is 4.17. The van der Waals surface area contributed by atoms with Crippen LogP contribution in [0.5, 0.6) is 0 Å². The zero-order valence-corrected chi connectivity index (χ0v) is 19.9. The van der Waals surface area contributed by atoms with E-state index < -0.39 is 0 Å². The summed E-state index contributed by atoms with van der Waals surface area (Å²) in [5, 5.41) is 13.3. The van der Waals surface area contributed by atoms with Gasteiger partial charge in [0.2, 0.25) is 5.91 Å². The SMILES string of the molecule is Cc1c(C#N)c(NC(=O)CN2CCN(c3ccc(Cl)cn3)CC2)n(Cc2ccc(F)cc2)c1C. The van der Waals surface area contributed by atoms with Crippen LogP contribution >= 0.6 is 11.6 Å². The molecule has 0 bridgehead atoms. The van der Waals surface area contributed by atoms with Crippen LogP contribution in [0.25, 0.3) is 0 Å². The fraction of sp³-hybridized carbons (Fsp3) is 0.320. The van der Waals surface area contributed by atoms with Crippen molar-refractivity contribution < 1.29 is 9.18 Å². The van der Waals surface area contributed by atoms with Gasteiger partial charge in [-0.1, -0.05) is 23.7 Å². The van der Waals surface area contributed by atoms with E-state index in [0.29, 0.717) is 22.9 Å². The van der Waals surface area contributed by atoms with Crippen molar-refractivity contribution in [3.05, 3.63) is 75.8 Å². The van der Waals surface area contributed by atoms with E-state index in [1.807, 2.05) is 30.5 Å². The third-order valence-corrected chi connectivity index (χ3v) is 6.45. The maximum absolute atomic E-state index is 13.3. The molecule has 0 unspecified atom stereocenters. The Morgan fingerprint density at radius 3 is 2.47 bits per heavy atom. The number of aromatic nitrogens is 2. The van der Waals surface area contributed by atoms with Gasteiger partial charge in [-0.3, -0.25) is 9.69 Å². The predicted octanol–water partition coefficient (Wildman–Crippen LogP) is 3.97. The Morgan fingerprint density at radius 2 is 1.85 bits per heavy atom. The van der Waals surface area contributed by atoms with Gasteiger partial charge in [-0.05, 0) is 49.2 Å². The van der Waals surface area contributed by atoms with Gasteiger partial charge in [0.15, 0.2) is 0 Å². The second-order valence-electron chi connectivity index (χ2n) is 8.40. The van der Waals surface area contributed by atoms with Gasteiger partial charge in [-0.25, -0.2) is 9.37 Å². The monoisotopic (exact) mass is 480 g/mol. The van der Waals surface area contributed by atoms with E-state index in [9.17, 15) is 14.4 Å². The van der Waals surface area contributed by atoms with Gasteiger partial charge in [-0.15, -0.1) is 0 Å². The molecule has 3 aromatic rings.